The Balaban J connectivity index is 2.17. The second kappa shape index (κ2) is 7.14. The normalized spacial score (nSPS) is 10.5. The van der Waals surface area contributed by atoms with E-state index in [1.807, 2.05) is 25.1 Å². The highest BCUT2D eigenvalue weighted by Crippen LogP contribution is 2.29. The van der Waals surface area contributed by atoms with Crippen LogP contribution in [0.25, 0.3) is 0 Å². The second-order valence-electron chi connectivity index (χ2n) is 5.14. The summed E-state index contributed by atoms with van der Waals surface area (Å²) in [6.45, 7) is 7.79. The van der Waals surface area contributed by atoms with Gasteiger partial charge in [-0.05, 0) is 49.6 Å². The number of ether oxygens (including phenoxy) is 2. The molecular weight excluding hydrogens is 262 g/mol. The van der Waals surface area contributed by atoms with Crippen molar-refractivity contribution in [1.29, 1.82) is 0 Å². The number of aryl methyl sites for hydroxylation is 2. The molecule has 0 amide bonds. The molecule has 2 N–H and O–H groups in total. The quantitative estimate of drug-likeness (QED) is 0.879. The first-order valence-electron chi connectivity index (χ1n) is 7.28. The molecule has 21 heavy (non-hydrogen) atoms. The number of hydrogen-bond donors (Lipinski definition) is 1. The Hall–Kier alpha value is -2.00. The van der Waals surface area contributed by atoms with Crippen LogP contribution in [0.2, 0.25) is 0 Å². The van der Waals surface area contributed by atoms with E-state index in [2.05, 4.69) is 32.0 Å². The predicted molar refractivity (Wildman–Crippen MR) is 85.8 cm³/mol. The molecule has 0 atom stereocenters. The molecule has 3 heteroatoms. The van der Waals surface area contributed by atoms with E-state index in [1.54, 1.807) is 0 Å². The molecule has 0 bridgehead atoms. The van der Waals surface area contributed by atoms with Crippen molar-refractivity contribution >= 4 is 0 Å². The number of rotatable bonds is 6. The Bertz CT molecular complexity index is 608. The summed E-state index contributed by atoms with van der Waals surface area (Å²) in [5.41, 5.74) is 10.4. The van der Waals surface area contributed by atoms with E-state index in [4.69, 9.17) is 15.2 Å². The molecule has 0 aliphatic heterocycles. The van der Waals surface area contributed by atoms with Crippen LogP contribution in [0.5, 0.6) is 11.5 Å². The fourth-order valence-electron chi connectivity index (χ4n) is 2.18. The molecule has 2 aromatic carbocycles. The highest BCUT2D eigenvalue weighted by Gasteiger charge is 2.07. The van der Waals surface area contributed by atoms with Crippen LogP contribution in [0.4, 0.5) is 0 Å². The molecule has 0 aliphatic carbocycles. The summed E-state index contributed by atoms with van der Waals surface area (Å²) in [6, 6.07) is 12.2. The molecule has 0 unspecified atom stereocenters. The van der Waals surface area contributed by atoms with Crippen LogP contribution in [0.3, 0.4) is 0 Å². The third-order valence-corrected chi connectivity index (χ3v) is 3.43. The average Bonchev–Trinajstić information content (AvgIpc) is 2.49. The molecule has 0 radical (unpaired) electrons. The summed E-state index contributed by atoms with van der Waals surface area (Å²) in [5, 5.41) is 0. The van der Waals surface area contributed by atoms with Crippen molar-refractivity contribution < 1.29 is 9.47 Å². The van der Waals surface area contributed by atoms with Crippen LogP contribution in [-0.2, 0) is 13.2 Å². The van der Waals surface area contributed by atoms with Crippen LogP contribution >= 0.6 is 0 Å². The van der Waals surface area contributed by atoms with Crippen LogP contribution in [0.15, 0.2) is 36.4 Å². The topological polar surface area (TPSA) is 44.5 Å². The lowest BCUT2D eigenvalue weighted by atomic mass is 10.1. The van der Waals surface area contributed by atoms with E-state index in [0.717, 1.165) is 17.1 Å². The van der Waals surface area contributed by atoms with Crippen molar-refractivity contribution in [3.8, 4) is 11.5 Å². The minimum Gasteiger partial charge on any atom is -0.490 e. The molecular formula is C18H23NO2. The Labute approximate surface area is 126 Å². The Morgan fingerprint density at radius 1 is 0.952 bits per heavy atom. The Kier molecular flexibility index (Phi) is 5.23. The van der Waals surface area contributed by atoms with Gasteiger partial charge in [-0.15, -0.1) is 0 Å². The van der Waals surface area contributed by atoms with Gasteiger partial charge in [0.25, 0.3) is 0 Å². The van der Waals surface area contributed by atoms with E-state index < -0.39 is 0 Å². The molecule has 3 nitrogen and oxygen atoms in total. The number of nitrogens with two attached hydrogens (primary N) is 1. The van der Waals surface area contributed by atoms with Crippen LogP contribution in [-0.4, -0.2) is 6.61 Å². The first kappa shape index (κ1) is 15.4. The molecule has 0 saturated heterocycles. The van der Waals surface area contributed by atoms with Gasteiger partial charge in [-0.2, -0.15) is 0 Å². The lowest BCUT2D eigenvalue weighted by Crippen LogP contribution is -2.03. The summed E-state index contributed by atoms with van der Waals surface area (Å²) in [6.07, 6.45) is 0. The van der Waals surface area contributed by atoms with Crippen LogP contribution in [0.1, 0.15) is 29.2 Å². The molecule has 2 rings (SSSR count). The molecule has 0 aromatic heterocycles. The van der Waals surface area contributed by atoms with Crippen molar-refractivity contribution in [3.63, 3.8) is 0 Å². The second-order valence-corrected chi connectivity index (χ2v) is 5.14. The van der Waals surface area contributed by atoms with Gasteiger partial charge in [0.1, 0.15) is 6.61 Å². The fraction of sp³-hybridized carbons (Fsp3) is 0.333. The van der Waals surface area contributed by atoms with E-state index in [0.29, 0.717) is 19.8 Å². The predicted octanol–water partition coefficient (Wildman–Crippen LogP) is 3.74. The Morgan fingerprint density at radius 2 is 1.76 bits per heavy atom. The zero-order valence-electron chi connectivity index (χ0n) is 13.0. The largest absolute Gasteiger partial charge is 0.490 e. The standard InChI is InChI=1S/C18H23NO2/c1-4-20-18-10-15(11-19)7-8-17(18)21-12-16-9-13(2)5-6-14(16)3/h5-10H,4,11-12,19H2,1-3H3. The molecule has 0 spiro atoms. The SMILES string of the molecule is CCOc1cc(CN)ccc1OCc1cc(C)ccc1C. The van der Waals surface area contributed by atoms with Crippen molar-refractivity contribution in [3.05, 3.63) is 58.7 Å². The third-order valence-electron chi connectivity index (χ3n) is 3.43. The maximum Gasteiger partial charge on any atom is 0.161 e. The van der Waals surface area contributed by atoms with Crippen molar-refractivity contribution in [1.82, 2.24) is 0 Å². The number of hydrogen-bond acceptors (Lipinski definition) is 3. The average molecular weight is 285 g/mol. The maximum absolute atomic E-state index is 5.95. The van der Waals surface area contributed by atoms with Gasteiger partial charge in [0.15, 0.2) is 11.5 Å². The highest BCUT2D eigenvalue weighted by molar-refractivity contribution is 5.43. The summed E-state index contributed by atoms with van der Waals surface area (Å²) in [7, 11) is 0. The monoisotopic (exact) mass is 285 g/mol. The van der Waals surface area contributed by atoms with Gasteiger partial charge >= 0.3 is 0 Å². The summed E-state index contributed by atoms with van der Waals surface area (Å²) in [5.74, 6) is 1.51. The van der Waals surface area contributed by atoms with Gasteiger partial charge in [-0.1, -0.05) is 29.8 Å². The first-order valence-corrected chi connectivity index (χ1v) is 7.28. The zero-order valence-corrected chi connectivity index (χ0v) is 13.0. The van der Waals surface area contributed by atoms with E-state index in [1.165, 1.54) is 16.7 Å². The summed E-state index contributed by atoms with van der Waals surface area (Å²) < 4.78 is 11.6. The smallest absolute Gasteiger partial charge is 0.161 e. The minimum absolute atomic E-state index is 0.497. The molecule has 2 aromatic rings. The molecule has 0 heterocycles. The van der Waals surface area contributed by atoms with Gasteiger partial charge in [-0.3, -0.25) is 0 Å². The first-order chi connectivity index (χ1) is 10.1. The fourth-order valence-corrected chi connectivity index (χ4v) is 2.18. The van der Waals surface area contributed by atoms with Gasteiger partial charge in [0, 0.05) is 6.54 Å². The maximum atomic E-state index is 5.95. The van der Waals surface area contributed by atoms with E-state index >= 15 is 0 Å². The van der Waals surface area contributed by atoms with Crippen molar-refractivity contribution in [2.45, 2.75) is 33.9 Å². The van der Waals surface area contributed by atoms with Crippen molar-refractivity contribution in [2.75, 3.05) is 6.61 Å². The number of benzene rings is 2. The Morgan fingerprint density at radius 3 is 2.48 bits per heavy atom. The van der Waals surface area contributed by atoms with Gasteiger partial charge in [-0.25, -0.2) is 0 Å². The molecule has 112 valence electrons. The van der Waals surface area contributed by atoms with Gasteiger partial charge in [0.2, 0.25) is 0 Å². The summed E-state index contributed by atoms with van der Waals surface area (Å²) in [4.78, 5) is 0. The summed E-state index contributed by atoms with van der Waals surface area (Å²) >= 11 is 0. The van der Waals surface area contributed by atoms with E-state index in [-0.39, 0.29) is 0 Å². The minimum atomic E-state index is 0.497. The zero-order chi connectivity index (χ0) is 15.2. The highest BCUT2D eigenvalue weighted by atomic mass is 16.5. The lowest BCUT2D eigenvalue weighted by Gasteiger charge is -2.14. The van der Waals surface area contributed by atoms with E-state index in [9.17, 15) is 0 Å². The van der Waals surface area contributed by atoms with Crippen LogP contribution < -0.4 is 15.2 Å². The molecule has 0 aliphatic rings. The van der Waals surface area contributed by atoms with Gasteiger partial charge < -0.3 is 15.2 Å². The molecule has 0 saturated carbocycles. The van der Waals surface area contributed by atoms with Crippen LogP contribution in [0, 0.1) is 13.8 Å². The van der Waals surface area contributed by atoms with Gasteiger partial charge in [0.05, 0.1) is 6.61 Å². The third kappa shape index (κ3) is 3.99. The molecule has 0 fully saturated rings. The lowest BCUT2D eigenvalue weighted by molar-refractivity contribution is 0.268. The van der Waals surface area contributed by atoms with Crippen molar-refractivity contribution in [2.24, 2.45) is 5.73 Å².